The molecule has 10 rings (SSSR count). The summed E-state index contributed by atoms with van der Waals surface area (Å²) in [4.78, 5) is 9.53. The van der Waals surface area contributed by atoms with E-state index in [1.165, 1.54) is 33.4 Å². The number of hydrogen-bond acceptors (Lipinski definition) is 4. The molecule has 0 fully saturated rings. The fraction of sp³-hybridized carbons (Fsp3) is 0.226. The van der Waals surface area contributed by atoms with Crippen LogP contribution >= 0.6 is 0 Å². The van der Waals surface area contributed by atoms with Crippen LogP contribution in [0.25, 0.3) is 27.6 Å². The van der Waals surface area contributed by atoms with Gasteiger partial charge in [-0.1, -0.05) is 166 Å². The Morgan fingerprint density at radius 2 is 1.04 bits per heavy atom. The summed E-state index contributed by atoms with van der Waals surface area (Å²) in [7, 11) is 0. The first-order valence-corrected chi connectivity index (χ1v) is 23.5. The predicted molar refractivity (Wildman–Crippen MR) is 279 cm³/mol. The van der Waals surface area contributed by atoms with E-state index in [9.17, 15) is 0 Å². The van der Waals surface area contributed by atoms with Crippen molar-refractivity contribution in [1.29, 1.82) is 0 Å². The molecule has 0 radical (unpaired) electrons. The predicted octanol–water partition coefficient (Wildman–Crippen LogP) is 16.2. The molecule has 0 spiro atoms. The number of pyridine rings is 1. The first-order valence-electron chi connectivity index (χ1n) is 23.5. The topological polar surface area (TPSA) is 33.5 Å². The fourth-order valence-electron chi connectivity index (χ4n) is 9.78. The van der Waals surface area contributed by atoms with E-state index in [0.29, 0.717) is 11.5 Å². The summed E-state index contributed by atoms with van der Waals surface area (Å²) in [6, 6.07) is 65.7. The average molecular weight is 1070 g/mol. The van der Waals surface area contributed by atoms with Gasteiger partial charge in [0.05, 0.1) is 0 Å². The monoisotopic (exact) mass is 1070 g/mol. The zero-order chi connectivity index (χ0) is 46.9. The second-order valence-electron chi connectivity index (χ2n) is 21.1. The zero-order valence-corrected chi connectivity index (χ0v) is 43.0. The van der Waals surface area contributed by atoms with Crippen LogP contribution in [0.5, 0.6) is 11.5 Å². The van der Waals surface area contributed by atoms with Crippen molar-refractivity contribution < 1.29 is 25.8 Å². The van der Waals surface area contributed by atoms with Gasteiger partial charge >= 0.3 is 0 Å². The Bertz CT molecular complexity index is 3270. The first kappa shape index (κ1) is 46.7. The second-order valence-corrected chi connectivity index (χ2v) is 21.1. The Kier molecular flexibility index (Phi) is 12.1. The number of hydrogen-bond donors (Lipinski definition) is 0. The normalized spacial score (nSPS) is 13.2. The molecule has 6 heteroatoms. The van der Waals surface area contributed by atoms with Crippen LogP contribution in [0.15, 0.2) is 170 Å². The molecule has 5 nitrogen and oxygen atoms in total. The van der Waals surface area contributed by atoms with Crippen LogP contribution in [0.1, 0.15) is 103 Å². The molecule has 0 saturated carbocycles. The summed E-state index contributed by atoms with van der Waals surface area (Å²) in [5.74, 6) is 2.03. The Morgan fingerprint density at radius 1 is 0.485 bits per heavy atom. The van der Waals surface area contributed by atoms with Crippen LogP contribution in [0, 0.1) is 18.8 Å². The number of anilines is 4. The van der Waals surface area contributed by atoms with Crippen LogP contribution in [-0.4, -0.2) is 9.55 Å². The van der Waals surface area contributed by atoms with Gasteiger partial charge in [0, 0.05) is 72.2 Å². The van der Waals surface area contributed by atoms with E-state index in [1.54, 1.807) is 0 Å². The summed E-state index contributed by atoms with van der Waals surface area (Å²) >= 11 is 0. The van der Waals surface area contributed by atoms with Gasteiger partial charge in [-0.25, -0.2) is 4.98 Å². The smallest absolute Gasteiger partial charge is 0.135 e. The summed E-state index contributed by atoms with van der Waals surface area (Å²) in [5.41, 5.74) is 13.3. The Labute approximate surface area is 417 Å². The molecule has 2 aromatic heterocycles. The summed E-state index contributed by atoms with van der Waals surface area (Å²) in [6.07, 6.45) is 1.92. The molecule has 0 amide bonds. The van der Waals surface area contributed by atoms with Crippen LogP contribution < -0.4 is 14.5 Å². The van der Waals surface area contributed by atoms with E-state index in [-0.39, 0.29) is 42.7 Å². The molecule has 0 saturated heterocycles. The van der Waals surface area contributed by atoms with Gasteiger partial charge < -0.3 is 19.1 Å². The molecule has 7 aromatic carbocycles. The van der Waals surface area contributed by atoms with E-state index >= 15 is 0 Å². The van der Waals surface area contributed by atoms with Crippen LogP contribution in [0.3, 0.4) is 0 Å². The number of ether oxygens (including phenoxy) is 1. The third-order valence-electron chi connectivity index (χ3n) is 13.8. The van der Waals surface area contributed by atoms with Crippen molar-refractivity contribution >= 4 is 44.6 Å². The average Bonchev–Trinajstić information content (AvgIpc) is 3.87. The maximum absolute atomic E-state index is 6.73. The minimum Gasteiger partial charge on any atom is -0.509 e. The Morgan fingerprint density at radius 3 is 1.68 bits per heavy atom. The van der Waals surface area contributed by atoms with Crippen LogP contribution in [-0.2, 0) is 42.7 Å². The number of aromatic nitrogens is 2. The van der Waals surface area contributed by atoms with E-state index in [0.717, 1.165) is 50.4 Å². The van der Waals surface area contributed by atoms with Crippen molar-refractivity contribution in [3.63, 3.8) is 0 Å². The molecular weight excluding hydrogens is 1010 g/mol. The quantitative estimate of drug-likeness (QED) is 0.135. The van der Waals surface area contributed by atoms with Gasteiger partial charge in [0.2, 0.25) is 0 Å². The molecule has 1 aliphatic heterocycles. The number of fused-ring (bicyclic) bond motifs is 4. The molecule has 9 aromatic rings. The first-order chi connectivity index (χ1) is 32.0. The summed E-state index contributed by atoms with van der Waals surface area (Å²) in [5, 5.41) is 2.22. The SMILES string of the molecule is CC(C)(C)c1cc2c(cc1C(C)(C)C)N(c1ccc(C(C)(C)c3ccccc3)cc1)[CH-]N2c1[c-]c(Oc2[c-]c3c(cc2)c2ccccc2n3-c2cc(C(C)(C)c3ccccc3)ccn2)ccc1.[Pt]. The van der Waals surface area contributed by atoms with Crippen molar-refractivity contribution in [3.8, 4) is 17.3 Å². The molecule has 68 heavy (non-hydrogen) atoms. The van der Waals surface area contributed by atoms with Crippen LogP contribution in [0.4, 0.5) is 22.7 Å². The molecule has 3 heterocycles. The molecule has 0 bridgehead atoms. The molecule has 346 valence electrons. The van der Waals surface area contributed by atoms with Crippen molar-refractivity contribution in [3.05, 3.63) is 222 Å². The summed E-state index contributed by atoms with van der Waals surface area (Å²) < 4.78 is 8.94. The maximum Gasteiger partial charge on any atom is 0.135 e. The molecule has 1 aliphatic rings. The Balaban J connectivity index is 0.00000578. The Hall–Kier alpha value is -6.42. The van der Waals surface area contributed by atoms with Crippen molar-refractivity contribution in [2.45, 2.75) is 90.9 Å². The van der Waals surface area contributed by atoms with E-state index in [2.05, 4.69) is 248 Å². The van der Waals surface area contributed by atoms with Gasteiger partial charge in [0.25, 0.3) is 0 Å². The van der Waals surface area contributed by atoms with Gasteiger partial charge in [-0.3, -0.25) is 0 Å². The number of nitrogens with zero attached hydrogens (tertiary/aromatic N) is 4. The van der Waals surface area contributed by atoms with E-state index < -0.39 is 0 Å². The van der Waals surface area contributed by atoms with E-state index in [1.807, 2.05) is 24.4 Å². The maximum atomic E-state index is 6.73. The van der Waals surface area contributed by atoms with Crippen molar-refractivity contribution in [2.75, 3.05) is 9.80 Å². The van der Waals surface area contributed by atoms with E-state index in [4.69, 9.17) is 9.72 Å². The van der Waals surface area contributed by atoms with Crippen molar-refractivity contribution in [2.24, 2.45) is 0 Å². The molecule has 0 N–H and O–H groups in total. The molecular formula is C62H59N4OPt-3. The van der Waals surface area contributed by atoms with Gasteiger partial charge in [-0.05, 0) is 92.1 Å². The number of benzene rings is 7. The summed E-state index contributed by atoms with van der Waals surface area (Å²) in [6.45, 7) is 25.2. The second kappa shape index (κ2) is 17.6. The van der Waals surface area contributed by atoms with Gasteiger partial charge in [0.15, 0.2) is 0 Å². The minimum atomic E-state index is -0.228. The van der Waals surface area contributed by atoms with Gasteiger partial charge in [-0.15, -0.1) is 48.1 Å². The van der Waals surface area contributed by atoms with Crippen molar-refractivity contribution in [1.82, 2.24) is 9.55 Å². The third kappa shape index (κ3) is 8.45. The van der Waals surface area contributed by atoms with Gasteiger partial charge in [0.1, 0.15) is 5.82 Å². The molecule has 0 aliphatic carbocycles. The fourth-order valence-corrected chi connectivity index (χ4v) is 9.78. The third-order valence-corrected chi connectivity index (χ3v) is 13.8. The number of rotatable bonds is 9. The van der Waals surface area contributed by atoms with Crippen LogP contribution in [0.2, 0.25) is 0 Å². The largest absolute Gasteiger partial charge is 0.509 e. The standard InChI is InChI=1S/C62H59N4O.Pt/c1-59(2,3)52-39-56-57(40-53(52)60(4,5)6)65(41-64(56)46-30-28-44(29-31-46)61(7,8)42-20-13-11-14-21-42)47-24-19-25-48(37-47)67-49-32-33-51-50-26-17-18-27-54(50)66(55(51)38-49)58-36-45(34-35-63-58)62(9,10)43-22-15-12-16-23-43;/h11-36,39-41H,1-10H3;/q-3;. The zero-order valence-electron chi connectivity index (χ0n) is 40.8. The molecule has 0 unspecified atom stereocenters. The van der Waals surface area contributed by atoms with Gasteiger partial charge in [-0.2, -0.15) is 12.1 Å². The minimum absolute atomic E-state index is 0. The molecule has 0 atom stereocenters. The number of para-hydroxylation sites is 1.